The van der Waals surface area contributed by atoms with Gasteiger partial charge in [-0.1, -0.05) is 17.7 Å². The SMILES string of the molecule is Cc1ccc(S(=O)(=O)N2CCCC2CC(=O)O)cc1. The zero-order chi connectivity index (χ0) is 14.0. The summed E-state index contributed by atoms with van der Waals surface area (Å²) in [4.78, 5) is 11.0. The molecule has 0 amide bonds. The summed E-state index contributed by atoms with van der Waals surface area (Å²) < 4.78 is 26.3. The number of rotatable bonds is 4. The van der Waals surface area contributed by atoms with Gasteiger partial charge in [0.1, 0.15) is 0 Å². The molecule has 0 spiro atoms. The van der Waals surface area contributed by atoms with Gasteiger partial charge < -0.3 is 5.11 Å². The van der Waals surface area contributed by atoms with E-state index in [1.54, 1.807) is 24.3 Å². The Morgan fingerprint density at radius 3 is 2.58 bits per heavy atom. The average Bonchev–Trinajstić information content (AvgIpc) is 2.77. The molecule has 1 aliphatic rings. The average molecular weight is 283 g/mol. The number of benzene rings is 1. The molecule has 0 saturated carbocycles. The fourth-order valence-electron chi connectivity index (χ4n) is 2.38. The van der Waals surface area contributed by atoms with Crippen molar-refractivity contribution < 1.29 is 18.3 Å². The molecule has 1 aliphatic heterocycles. The highest BCUT2D eigenvalue weighted by atomic mass is 32.2. The summed E-state index contributed by atoms with van der Waals surface area (Å²) in [6.45, 7) is 2.29. The van der Waals surface area contributed by atoms with Crippen molar-refractivity contribution in [1.82, 2.24) is 4.31 Å². The second-order valence-electron chi connectivity index (χ2n) is 4.82. The Morgan fingerprint density at radius 2 is 2.00 bits per heavy atom. The minimum Gasteiger partial charge on any atom is -0.481 e. The lowest BCUT2D eigenvalue weighted by atomic mass is 10.2. The second-order valence-corrected chi connectivity index (χ2v) is 6.71. The van der Waals surface area contributed by atoms with Crippen LogP contribution in [-0.4, -0.2) is 36.4 Å². The molecular weight excluding hydrogens is 266 g/mol. The molecule has 1 unspecified atom stereocenters. The van der Waals surface area contributed by atoms with E-state index in [0.29, 0.717) is 19.4 Å². The van der Waals surface area contributed by atoms with Gasteiger partial charge in [-0.25, -0.2) is 8.42 Å². The standard InChI is InChI=1S/C13H17NO4S/c1-10-4-6-12(7-5-10)19(17,18)14-8-2-3-11(14)9-13(15)16/h4-7,11H,2-3,8-9H2,1H3,(H,15,16). The van der Waals surface area contributed by atoms with E-state index in [9.17, 15) is 13.2 Å². The maximum atomic E-state index is 12.5. The van der Waals surface area contributed by atoms with Crippen LogP contribution < -0.4 is 0 Å². The lowest BCUT2D eigenvalue weighted by molar-refractivity contribution is -0.137. The number of aryl methyl sites for hydroxylation is 1. The zero-order valence-electron chi connectivity index (χ0n) is 10.7. The number of sulfonamides is 1. The highest BCUT2D eigenvalue weighted by Crippen LogP contribution is 2.27. The summed E-state index contributed by atoms with van der Waals surface area (Å²) in [5.74, 6) is -0.962. The van der Waals surface area contributed by atoms with Crippen molar-refractivity contribution in [3.63, 3.8) is 0 Å². The van der Waals surface area contributed by atoms with Gasteiger partial charge in [-0.3, -0.25) is 4.79 Å². The Hall–Kier alpha value is -1.40. The first-order valence-corrected chi connectivity index (χ1v) is 7.65. The Balaban J connectivity index is 2.28. The fourth-order valence-corrected chi connectivity index (χ4v) is 4.07. The highest BCUT2D eigenvalue weighted by molar-refractivity contribution is 7.89. The van der Waals surface area contributed by atoms with Crippen molar-refractivity contribution >= 4 is 16.0 Å². The third-order valence-electron chi connectivity index (χ3n) is 3.36. The van der Waals surface area contributed by atoms with Crippen molar-refractivity contribution in [3.05, 3.63) is 29.8 Å². The maximum Gasteiger partial charge on any atom is 0.304 e. The van der Waals surface area contributed by atoms with Crippen LogP contribution in [0.25, 0.3) is 0 Å². The second kappa shape index (κ2) is 5.30. The summed E-state index contributed by atoms with van der Waals surface area (Å²) in [5.41, 5.74) is 0.988. The molecule has 2 rings (SSSR count). The first-order valence-electron chi connectivity index (χ1n) is 6.21. The first kappa shape index (κ1) is 14.0. The molecule has 19 heavy (non-hydrogen) atoms. The molecule has 1 saturated heterocycles. The van der Waals surface area contributed by atoms with E-state index in [-0.39, 0.29) is 11.3 Å². The smallest absolute Gasteiger partial charge is 0.304 e. The number of carboxylic acids is 1. The van der Waals surface area contributed by atoms with Gasteiger partial charge in [-0.05, 0) is 31.9 Å². The summed E-state index contributed by atoms with van der Waals surface area (Å²) in [6, 6.07) is 6.20. The third kappa shape index (κ3) is 2.96. The number of carbonyl (C=O) groups is 1. The summed E-state index contributed by atoms with van der Waals surface area (Å²) in [6.07, 6.45) is 1.19. The van der Waals surface area contributed by atoms with E-state index in [4.69, 9.17) is 5.11 Å². The van der Waals surface area contributed by atoms with Gasteiger partial charge in [0.05, 0.1) is 11.3 Å². The van der Waals surface area contributed by atoms with Crippen molar-refractivity contribution in [2.75, 3.05) is 6.54 Å². The molecule has 1 N–H and O–H groups in total. The quantitative estimate of drug-likeness (QED) is 0.911. The minimum atomic E-state index is -3.58. The molecule has 1 aromatic carbocycles. The van der Waals surface area contributed by atoms with Crippen LogP contribution in [0.2, 0.25) is 0 Å². The third-order valence-corrected chi connectivity index (χ3v) is 5.33. The molecular formula is C13H17NO4S. The summed E-state index contributed by atoms with van der Waals surface area (Å²) >= 11 is 0. The number of hydrogen-bond acceptors (Lipinski definition) is 3. The van der Waals surface area contributed by atoms with E-state index in [1.165, 1.54) is 4.31 Å². The fraction of sp³-hybridized carbons (Fsp3) is 0.462. The van der Waals surface area contributed by atoms with Gasteiger partial charge in [0.25, 0.3) is 0 Å². The molecule has 0 radical (unpaired) electrons. The van der Waals surface area contributed by atoms with E-state index in [2.05, 4.69) is 0 Å². The Kier molecular flexibility index (Phi) is 3.91. The van der Waals surface area contributed by atoms with Gasteiger partial charge in [-0.2, -0.15) is 4.31 Å². The van der Waals surface area contributed by atoms with Crippen LogP contribution in [-0.2, 0) is 14.8 Å². The topological polar surface area (TPSA) is 74.7 Å². The summed E-state index contributed by atoms with van der Waals surface area (Å²) in [7, 11) is -3.58. The van der Waals surface area contributed by atoms with E-state index in [1.807, 2.05) is 6.92 Å². The van der Waals surface area contributed by atoms with Crippen molar-refractivity contribution in [1.29, 1.82) is 0 Å². The van der Waals surface area contributed by atoms with Crippen molar-refractivity contribution in [3.8, 4) is 0 Å². The number of nitrogens with zero attached hydrogens (tertiary/aromatic N) is 1. The molecule has 0 aliphatic carbocycles. The lowest BCUT2D eigenvalue weighted by Gasteiger charge is -2.22. The highest BCUT2D eigenvalue weighted by Gasteiger charge is 2.36. The molecule has 5 nitrogen and oxygen atoms in total. The van der Waals surface area contributed by atoms with E-state index >= 15 is 0 Å². The molecule has 104 valence electrons. The normalized spacial score (nSPS) is 20.6. The maximum absolute atomic E-state index is 12.5. The van der Waals surface area contributed by atoms with Crippen LogP contribution in [0, 0.1) is 6.92 Å². The van der Waals surface area contributed by atoms with Gasteiger partial charge in [0.2, 0.25) is 10.0 Å². The largest absolute Gasteiger partial charge is 0.481 e. The van der Waals surface area contributed by atoms with Crippen LogP contribution in [0.4, 0.5) is 0 Å². The van der Waals surface area contributed by atoms with Crippen LogP contribution in [0.15, 0.2) is 29.2 Å². The predicted octanol–water partition coefficient (Wildman–Crippen LogP) is 1.62. The van der Waals surface area contributed by atoms with Gasteiger partial charge >= 0.3 is 5.97 Å². The van der Waals surface area contributed by atoms with Crippen LogP contribution in [0.1, 0.15) is 24.8 Å². The van der Waals surface area contributed by atoms with Crippen LogP contribution >= 0.6 is 0 Å². The molecule has 1 fully saturated rings. The van der Waals surface area contributed by atoms with Crippen LogP contribution in [0.3, 0.4) is 0 Å². The Bertz CT molecular complexity index is 565. The number of carboxylic acid groups (broad SMARTS) is 1. The molecule has 6 heteroatoms. The Morgan fingerprint density at radius 1 is 1.37 bits per heavy atom. The first-order chi connectivity index (χ1) is 8.91. The zero-order valence-corrected chi connectivity index (χ0v) is 11.6. The number of hydrogen-bond donors (Lipinski definition) is 1. The molecule has 1 heterocycles. The predicted molar refractivity (Wildman–Crippen MR) is 70.3 cm³/mol. The molecule has 0 aromatic heterocycles. The summed E-state index contributed by atoms with van der Waals surface area (Å²) in [5, 5.41) is 8.84. The van der Waals surface area contributed by atoms with E-state index in [0.717, 1.165) is 5.56 Å². The molecule has 1 aromatic rings. The number of aliphatic carboxylic acids is 1. The molecule has 0 bridgehead atoms. The molecule has 1 atom stereocenters. The van der Waals surface area contributed by atoms with Crippen molar-refractivity contribution in [2.45, 2.75) is 37.1 Å². The minimum absolute atomic E-state index is 0.134. The van der Waals surface area contributed by atoms with Crippen LogP contribution in [0.5, 0.6) is 0 Å². The lowest BCUT2D eigenvalue weighted by Crippen LogP contribution is -2.36. The van der Waals surface area contributed by atoms with Gasteiger partial charge in [0.15, 0.2) is 0 Å². The van der Waals surface area contributed by atoms with Gasteiger partial charge in [0, 0.05) is 12.6 Å². The van der Waals surface area contributed by atoms with E-state index < -0.39 is 22.0 Å². The van der Waals surface area contributed by atoms with Gasteiger partial charge in [-0.15, -0.1) is 0 Å². The Labute approximate surface area is 112 Å². The van der Waals surface area contributed by atoms with Crippen molar-refractivity contribution in [2.24, 2.45) is 0 Å². The monoisotopic (exact) mass is 283 g/mol.